The summed E-state index contributed by atoms with van der Waals surface area (Å²) >= 11 is 5.65. The molecule has 0 spiro atoms. The van der Waals surface area contributed by atoms with Gasteiger partial charge in [-0.3, -0.25) is 0 Å². The van der Waals surface area contributed by atoms with Crippen molar-refractivity contribution >= 4 is 17.3 Å². The van der Waals surface area contributed by atoms with Crippen LogP contribution in [0.25, 0.3) is 0 Å². The van der Waals surface area contributed by atoms with Gasteiger partial charge in [0.2, 0.25) is 0 Å². The first kappa shape index (κ1) is 10.1. The Balaban J connectivity index is 2.99. The molecular weight excluding hydrogens is 200 g/mol. The van der Waals surface area contributed by atoms with E-state index in [1.165, 1.54) is 12.1 Å². The second-order valence-corrected chi connectivity index (χ2v) is 2.92. The van der Waals surface area contributed by atoms with E-state index in [0.717, 1.165) is 0 Å². The largest absolute Gasteiger partial charge is 0.435 e. The highest BCUT2D eigenvalue weighted by atomic mass is 35.5. The summed E-state index contributed by atoms with van der Waals surface area (Å²) in [6, 6.07) is 2.67. The summed E-state index contributed by atoms with van der Waals surface area (Å²) in [5.41, 5.74) is 6.50. The first-order chi connectivity index (χ1) is 6.00. The summed E-state index contributed by atoms with van der Waals surface area (Å²) in [5, 5.41) is 0.218. The molecule has 0 fully saturated rings. The number of nitrogen functional groups attached to an aromatic ring is 1. The fraction of sp³-hybridized carbons (Fsp3) is 0.250. The van der Waals surface area contributed by atoms with Gasteiger partial charge < -0.3 is 10.5 Å². The third kappa shape index (κ3) is 2.45. The van der Waals surface area contributed by atoms with Crippen molar-refractivity contribution in [3.05, 3.63) is 22.7 Å². The number of nitrogens with two attached hydrogens (primary N) is 1. The van der Waals surface area contributed by atoms with Crippen LogP contribution in [0, 0.1) is 6.92 Å². The number of halogens is 3. The van der Waals surface area contributed by atoms with E-state index in [0.29, 0.717) is 11.3 Å². The average Bonchev–Trinajstić information content (AvgIpc) is 1.98. The minimum absolute atomic E-state index is 0.0201. The van der Waals surface area contributed by atoms with Crippen molar-refractivity contribution in [1.82, 2.24) is 0 Å². The topological polar surface area (TPSA) is 35.2 Å². The molecule has 0 aromatic heterocycles. The Morgan fingerprint density at radius 3 is 2.54 bits per heavy atom. The Kier molecular flexibility index (Phi) is 2.93. The van der Waals surface area contributed by atoms with Crippen LogP contribution < -0.4 is 10.5 Å². The highest BCUT2D eigenvalue weighted by Gasteiger charge is 2.08. The molecule has 1 aromatic carbocycles. The van der Waals surface area contributed by atoms with Crippen LogP contribution in [0.3, 0.4) is 0 Å². The smallest absolute Gasteiger partial charge is 0.387 e. The SMILES string of the molecule is Cc1cc(OC(F)F)cc(Cl)c1N. The van der Waals surface area contributed by atoms with Gasteiger partial charge in [-0.15, -0.1) is 0 Å². The molecule has 0 amide bonds. The molecular formula is C8H8ClF2NO. The maximum absolute atomic E-state index is 11.8. The molecule has 0 aliphatic heterocycles. The number of hydrogen-bond acceptors (Lipinski definition) is 2. The van der Waals surface area contributed by atoms with E-state index in [1.54, 1.807) is 6.92 Å². The van der Waals surface area contributed by atoms with E-state index in [4.69, 9.17) is 17.3 Å². The number of ether oxygens (including phenoxy) is 1. The number of benzene rings is 1. The lowest BCUT2D eigenvalue weighted by atomic mass is 10.2. The van der Waals surface area contributed by atoms with Gasteiger partial charge in [0.15, 0.2) is 0 Å². The zero-order valence-electron chi connectivity index (χ0n) is 6.85. The quantitative estimate of drug-likeness (QED) is 0.757. The molecule has 5 heteroatoms. The van der Waals surface area contributed by atoms with Gasteiger partial charge in [0, 0.05) is 6.07 Å². The van der Waals surface area contributed by atoms with Crippen LogP contribution in [0.2, 0.25) is 5.02 Å². The normalized spacial score (nSPS) is 10.5. The number of aryl methyl sites for hydroxylation is 1. The molecule has 2 N–H and O–H groups in total. The zero-order chi connectivity index (χ0) is 10.0. The zero-order valence-corrected chi connectivity index (χ0v) is 7.61. The fourth-order valence-electron chi connectivity index (χ4n) is 0.895. The molecule has 1 aromatic rings. The Labute approximate surface area is 79.2 Å². The Morgan fingerprint density at radius 1 is 1.46 bits per heavy atom. The van der Waals surface area contributed by atoms with Crippen molar-refractivity contribution in [2.45, 2.75) is 13.5 Å². The van der Waals surface area contributed by atoms with Crippen LogP contribution in [-0.2, 0) is 0 Å². The second kappa shape index (κ2) is 3.79. The molecule has 2 nitrogen and oxygen atoms in total. The summed E-state index contributed by atoms with van der Waals surface area (Å²) in [5.74, 6) is 0.0201. The summed E-state index contributed by atoms with van der Waals surface area (Å²) in [6.07, 6.45) is 0. The van der Waals surface area contributed by atoms with E-state index in [1.807, 2.05) is 0 Å². The van der Waals surface area contributed by atoms with Gasteiger partial charge >= 0.3 is 6.61 Å². The highest BCUT2D eigenvalue weighted by molar-refractivity contribution is 6.33. The van der Waals surface area contributed by atoms with Gasteiger partial charge in [0.25, 0.3) is 0 Å². The van der Waals surface area contributed by atoms with Crippen LogP contribution in [0.5, 0.6) is 5.75 Å². The average molecular weight is 208 g/mol. The van der Waals surface area contributed by atoms with Crippen molar-refractivity contribution in [2.24, 2.45) is 0 Å². The van der Waals surface area contributed by atoms with Gasteiger partial charge in [-0.2, -0.15) is 8.78 Å². The van der Waals surface area contributed by atoms with Crippen molar-refractivity contribution in [3.63, 3.8) is 0 Å². The summed E-state index contributed by atoms with van der Waals surface area (Å²) < 4.78 is 27.7. The van der Waals surface area contributed by atoms with Gasteiger partial charge in [0.1, 0.15) is 5.75 Å². The first-order valence-electron chi connectivity index (χ1n) is 3.51. The molecule has 1 rings (SSSR count). The third-order valence-electron chi connectivity index (χ3n) is 1.54. The minimum Gasteiger partial charge on any atom is -0.435 e. The van der Waals surface area contributed by atoms with Gasteiger partial charge in [0.05, 0.1) is 10.7 Å². The van der Waals surface area contributed by atoms with Crippen molar-refractivity contribution < 1.29 is 13.5 Å². The standard InChI is InChI=1S/C8H8ClF2NO/c1-4-2-5(13-8(10)11)3-6(9)7(4)12/h2-3,8H,12H2,1H3. The van der Waals surface area contributed by atoms with E-state index < -0.39 is 6.61 Å². The van der Waals surface area contributed by atoms with Crippen LogP contribution in [0.4, 0.5) is 14.5 Å². The number of alkyl halides is 2. The maximum atomic E-state index is 11.8. The van der Waals surface area contributed by atoms with E-state index in [9.17, 15) is 8.78 Å². The molecule has 0 aliphatic rings. The molecule has 0 atom stereocenters. The van der Waals surface area contributed by atoms with Gasteiger partial charge in [-0.05, 0) is 18.6 Å². The van der Waals surface area contributed by atoms with Crippen LogP contribution in [-0.4, -0.2) is 6.61 Å². The third-order valence-corrected chi connectivity index (χ3v) is 1.85. The maximum Gasteiger partial charge on any atom is 0.387 e. The van der Waals surface area contributed by atoms with E-state index >= 15 is 0 Å². The Hall–Kier alpha value is -1.03. The van der Waals surface area contributed by atoms with Crippen LogP contribution in [0.15, 0.2) is 12.1 Å². The summed E-state index contributed by atoms with van der Waals surface area (Å²) in [6.45, 7) is -1.18. The number of rotatable bonds is 2. The first-order valence-corrected chi connectivity index (χ1v) is 3.89. The van der Waals surface area contributed by atoms with Crippen LogP contribution in [0.1, 0.15) is 5.56 Å². The van der Waals surface area contributed by atoms with Crippen molar-refractivity contribution in [3.8, 4) is 5.75 Å². The lowest BCUT2D eigenvalue weighted by Crippen LogP contribution is -2.02. The van der Waals surface area contributed by atoms with Crippen molar-refractivity contribution in [2.75, 3.05) is 5.73 Å². The van der Waals surface area contributed by atoms with Crippen molar-refractivity contribution in [1.29, 1.82) is 0 Å². The predicted molar refractivity (Wildman–Crippen MR) is 47.2 cm³/mol. The molecule has 0 radical (unpaired) electrons. The Bertz CT molecular complexity index is 294. The van der Waals surface area contributed by atoms with E-state index in [2.05, 4.69) is 4.74 Å². The molecule has 0 aliphatic carbocycles. The highest BCUT2D eigenvalue weighted by Crippen LogP contribution is 2.28. The Morgan fingerprint density at radius 2 is 2.08 bits per heavy atom. The van der Waals surface area contributed by atoms with Gasteiger partial charge in [-0.1, -0.05) is 11.6 Å². The lowest BCUT2D eigenvalue weighted by molar-refractivity contribution is -0.0498. The van der Waals surface area contributed by atoms with E-state index in [-0.39, 0.29) is 10.8 Å². The second-order valence-electron chi connectivity index (χ2n) is 2.51. The fourth-order valence-corrected chi connectivity index (χ4v) is 1.15. The molecule has 0 bridgehead atoms. The molecule has 0 saturated heterocycles. The number of anilines is 1. The molecule has 72 valence electrons. The molecule has 0 saturated carbocycles. The lowest BCUT2D eigenvalue weighted by Gasteiger charge is -2.08. The van der Waals surface area contributed by atoms with Gasteiger partial charge in [-0.25, -0.2) is 0 Å². The van der Waals surface area contributed by atoms with Crippen LogP contribution >= 0.6 is 11.6 Å². The minimum atomic E-state index is -2.85. The summed E-state index contributed by atoms with van der Waals surface area (Å²) in [4.78, 5) is 0. The molecule has 0 heterocycles. The molecule has 0 unspecified atom stereocenters. The summed E-state index contributed by atoms with van der Waals surface area (Å²) in [7, 11) is 0. The predicted octanol–water partition coefficient (Wildman–Crippen LogP) is 2.83. The monoisotopic (exact) mass is 207 g/mol. The molecule has 13 heavy (non-hydrogen) atoms. The number of hydrogen-bond donors (Lipinski definition) is 1.